The zero-order valence-electron chi connectivity index (χ0n) is 23.4. The van der Waals surface area contributed by atoms with Crippen LogP contribution in [-0.4, -0.2) is 38.5 Å². The summed E-state index contributed by atoms with van der Waals surface area (Å²) in [5.41, 5.74) is 5.69. The average Bonchev–Trinajstić information content (AvgIpc) is 3.10. The molecule has 4 aliphatic rings. The molecule has 1 N–H and O–H groups in total. The number of carbonyl (C=O) groups is 1. The van der Waals surface area contributed by atoms with E-state index in [1.165, 1.54) is 11.1 Å². The fraction of sp³-hybridized carbons (Fsp3) is 0.250. The molecule has 206 valence electrons. The van der Waals surface area contributed by atoms with Crippen molar-refractivity contribution in [1.82, 2.24) is 19.4 Å². The topological polar surface area (TPSA) is 84.5 Å². The zero-order valence-corrected chi connectivity index (χ0v) is 23.4. The van der Waals surface area contributed by atoms with Crippen LogP contribution in [0.25, 0.3) is 29.1 Å². The Morgan fingerprint density at radius 1 is 1.18 bits per heavy atom. The minimum absolute atomic E-state index is 0.229. The first-order chi connectivity index (χ1) is 19.5. The van der Waals surface area contributed by atoms with Crippen LogP contribution in [0.3, 0.4) is 0 Å². The Morgan fingerprint density at radius 2 is 2.00 bits per heavy atom. The number of hydrazone groups is 1. The molecular weight excluding hydrogens is 500 g/mol. The number of allylic oxidation sites excluding steroid dienone is 6. The molecule has 0 bridgehead atoms. The number of nitrogens with zero attached hydrogens (tertiary/aromatic N) is 5. The van der Waals surface area contributed by atoms with Crippen molar-refractivity contribution < 1.29 is 4.79 Å². The molecule has 8 nitrogen and oxygen atoms in total. The van der Waals surface area contributed by atoms with Crippen molar-refractivity contribution in [3.8, 4) is 16.9 Å². The van der Waals surface area contributed by atoms with Gasteiger partial charge >= 0.3 is 0 Å². The highest BCUT2D eigenvalue weighted by Crippen LogP contribution is 2.31. The molecule has 0 atom stereocenters. The lowest BCUT2D eigenvalue weighted by Crippen LogP contribution is -2.18. The standard InChI is InChI=1S/C25H24N4O2.C7H12N2/c1-4-9-17(2)14-28-15-20-23(19-11-6-5-7-13-22(19)28)27-29(25(20)31)24-18(3)10-8-12-21(24)26-16-30;1-2-6-9-7-4-3-5-8-9/h4,6-13,15-16H,2,5,14H2,1,3H3,(H,26,30);2,5-6H,3-4,7H2,1H3/b9-4-;6-2+. The van der Waals surface area contributed by atoms with Gasteiger partial charge in [0, 0.05) is 37.3 Å². The monoisotopic (exact) mass is 536 g/mol. The molecule has 3 aliphatic heterocycles. The van der Waals surface area contributed by atoms with Gasteiger partial charge in [0.15, 0.2) is 0 Å². The Hall–Kier alpha value is -4.72. The SMILES string of the molecule is C/C=C/N1CCCC=N1.C=C(/C=C\C)Cn1cc2c(=O)n(-c3c(C)cccc3NC=O)nc-2c2c1C=CCC=C2. The van der Waals surface area contributed by atoms with Crippen molar-refractivity contribution in [1.29, 1.82) is 0 Å². The Labute approximate surface area is 235 Å². The second-order valence-corrected chi connectivity index (χ2v) is 9.55. The van der Waals surface area contributed by atoms with E-state index in [1.807, 2.05) is 85.4 Å². The van der Waals surface area contributed by atoms with Crippen LogP contribution >= 0.6 is 0 Å². The van der Waals surface area contributed by atoms with E-state index in [-0.39, 0.29) is 5.56 Å². The summed E-state index contributed by atoms with van der Waals surface area (Å²) >= 11 is 0. The summed E-state index contributed by atoms with van der Waals surface area (Å²) in [5.74, 6) is 0. The van der Waals surface area contributed by atoms with Crippen LogP contribution in [-0.2, 0) is 11.3 Å². The van der Waals surface area contributed by atoms with Crippen LogP contribution in [0.5, 0.6) is 0 Å². The normalized spacial score (nSPS) is 14.3. The quantitative estimate of drug-likeness (QED) is 0.289. The first kappa shape index (κ1) is 28.3. The van der Waals surface area contributed by atoms with Crippen LogP contribution < -0.4 is 10.9 Å². The largest absolute Gasteiger partial charge is 0.342 e. The number of aryl methyl sites for hydroxylation is 1. The number of aromatic nitrogens is 3. The number of hydrogen-bond acceptors (Lipinski definition) is 5. The molecule has 0 saturated heterocycles. The number of rotatable bonds is 7. The van der Waals surface area contributed by atoms with Crippen molar-refractivity contribution in [2.45, 2.75) is 46.6 Å². The molecule has 1 aromatic carbocycles. The minimum Gasteiger partial charge on any atom is -0.342 e. The van der Waals surface area contributed by atoms with Crippen LogP contribution in [0, 0.1) is 6.92 Å². The molecule has 0 radical (unpaired) electrons. The predicted octanol–water partition coefficient (Wildman–Crippen LogP) is 6.18. The first-order valence-corrected chi connectivity index (χ1v) is 13.5. The van der Waals surface area contributed by atoms with Gasteiger partial charge in [0.25, 0.3) is 5.56 Å². The van der Waals surface area contributed by atoms with Crippen LogP contribution in [0.1, 0.15) is 49.9 Å². The molecule has 0 unspecified atom stereocenters. The van der Waals surface area contributed by atoms with Gasteiger partial charge in [-0.3, -0.25) is 14.6 Å². The van der Waals surface area contributed by atoms with Gasteiger partial charge in [-0.05, 0) is 63.3 Å². The van der Waals surface area contributed by atoms with Gasteiger partial charge in [-0.1, -0.05) is 55.2 Å². The molecule has 8 heteroatoms. The molecule has 1 aliphatic carbocycles. The second kappa shape index (κ2) is 13.4. The molecular formula is C32H36N6O2. The summed E-state index contributed by atoms with van der Waals surface area (Å²) in [6.45, 7) is 11.6. The molecule has 1 amide bonds. The number of nitrogens with one attached hydrogen (secondary N) is 1. The van der Waals surface area contributed by atoms with Crippen LogP contribution in [0.4, 0.5) is 5.69 Å². The average molecular weight is 537 g/mol. The Bertz CT molecular complexity index is 1550. The molecule has 1 aromatic rings. The minimum atomic E-state index is -0.229. The molecule has 40 heavy (non-hydrogen) atoms. The van der Waals surface area contributed by atoms with Gasteiger partial charge in [0.1, 0.15) is 5.69 Å². The first-order valence-electron chi connectivity index (χ1n) is 13.5. The highest BCUT2D eigenvalue weighted by atomic mass is 16.1. The van der Waals surface area contributed by atoms with E-state index >= 15 is 0 Å². The van der Waals surface area contributed by atoms with E-state index in [4.69, 9.17) is 5.10 Å². The van der Waals surface area contributed by atoms with E-state index in [9.17, 15) is 9.59 Å². The Morgan fingerprint density at radius 3 is 2.73 bits per heavy atom. The lowest BCUT2D eigenvalue weighted by molar-refractivity contribution is -0.105. The lowest BCUT2D eigenvalue weighted by atomic mass is 10.0. The smallest absolute Gasteiger partial charge is 0.282 e. The summed E-state index contributed by atoms with van der Waals surface area (Å²) in [7, 11) is 0. The third-order valence-electron chi connectivity index (χ3n) is 6.55. The third kappa shape index (κ3) is 6.29. The van der Waals surface area contributed by atoms with Gasteiger partial charge in [-0.25, -0.2) is 0 Å². The number of amides is 1. The number of benzene rings is 1. The van der Waals surface area contributed by atoms with Gasteiger partial charge in [-0.15, -0.1) is 0 Å². The van der Waals surface area contributed by atoms with E-state index in [1.54, 1.807) is 6.07 Å². The molecule has 3 heterocycles. The van der Waals surface area contributed by atoms with E-state index < -0.39 is 0 Å². The Balaban J connectivity index is 0.000000350. The molecule has 5 rings (SSSR count). The maximum Gasteiger partial charge on any atom is 0.282 e. The number of para-hydroxylation sites is 1. The number of hydrogen-bond donors (Lipinski definition) is 1. The maximum atomic E-state index is 13.5. The fourth-order valence-electron chi connectivity index (χ4n) is 4.78. The molecule has 0 aromatic heterocycles. The van der Waals surface area contributed by atoms with Gasteiger partial charge in [-0.2, -0.15) is 14.9 Å². The van der Waals surface area contributed by atoms with Gasteiger partial charge in [0.05, 0.1) is 22.6 Å². The summed E-state index contributed by atoms with van der Waals surface area (Å²) in [6, 6.07) is 5.48. The van der Waals surface area contributed by atoms with E-state index in [0.29, 0.717) is 35.6 Å². The molecule has 0 saturated carbocycles. The van der Waals surface area contributed by atoms with E-state index in [2.05, 4.69) is 35.2 Å². The Kier molecular flexibility index (Phi) is 9.46. The van der Waals surface area contributed by atoms with Crippen molar-refractivity contribution in [2.75, 3.05) is 11.9 Å². The summed E-state index contributed by atoms with van der Waals surface area (Å²) < 4.78 is 3.43. The number of pyridine rings is 1. The van der Waals surface area contributed by atoms with Crippen molar-refractivity contribution in [3.05, 3.63) is 100 Å². The summed E-state index contributed by atoms with van der Waals surface area (Å²) in [5, 5.41) is 13.5. The van der Waals surface area contributed by atoms with Crippen LogP contribution in [0.15, 0.2) is 83.0 Å². The molecule has 0 fully saturated rings. The van der Waals surface area contributed by atoms with Gasteiger partial charge in [0.2, 0.25) is 6.41 Å². The number of fused-ring (bicyclic) bond motifs is 3. The summed E-state index contributed by atoms with van der Waals surface area (Å²) in [4.78, 5) is 24.6. The van der Waals surface area contributed by atoms with Crippen molar-refractivity contribution in [2.24, 2.45) is 5.10 Å². The zero-order chi connectivity index (χ0) is 28.5. The predicted molar refractivity (Wildman–Crippen MR) is 165 cm³/mol. The highest BCUT2D eigenvalue weighted by Gasteiger charge is 2.25. The van der Waals surface area contributed by atoms with Gasteiger partial charge < -0.3 is 9.88 Å². The second-order valence-electron chi connectivity index (χ2n) is 9.55. The van der Waals surface area contributed by atoms with Crippen LogP contribution in [0.2, 0.25) is 0 Å². The van der Waals surface area contributed by atoms with Crippen molar-refractivity contribution in [3.63, 3.8) is 0 Å². The lowest BCUT2D eigenvalue weighted by Gasteiger charge is -2.16. The number of anilines is 1. The maximum absolute atomic E-state index is 13.5. The molecule has 0 spiro atoms. The third-order valence-corrected chi connectivity index (χ3v) is 6.55. The highest BCUT2D eigenvalue weighted by molar-refractivity contribution is 5.81. The fourth-order valence-corrected chi connectivity index (χ4v) is 4.78. The van der Waals surface area contributed by atoms with E-state index in [0.717, 1.165) is 41.8 Å². The summed E-state index contributed by atoms with van der Waals surface area (Å²) in [6.07, 6.45) is 23.7. The van der Waals surface area contributed by atoms with Crippen molar-refractivity contribution >= 4 is 30.5 Å². The number of carbonyl (C=O) groups excluding carboxylic acids is 1.